The second-order valence-corrected chi connectivity index (χ2v) is 7.69. The summed E-state index contributed by atoms with van der Waals surface area (Å²) in [6.07, 6.45) is 3.47. The number of aromatic nitrogens is 3. The van der Waals surface area contributed by atoms with E-state index in [4.69, 9.17) is 22.4 Å². The van der Waals surface area contributed by atoms with Gasteiger partial charge in [0.05, 0.1) is 17.8 Å². The van der Waals surface area contributed by atoms with E-state index >= 15 is 0 Å². The molecule has 0 unspecified atom stereocenters. The standard InChI is InChI=1S/C23H23ClN6O/c1-13-3-4-14(2)19(9-13)29-21-17-10-15(5-6-18(17)30-22(25)20(21)24)16-11-27-23(28-12-16)26-7-8-31/h3-6,9-12,31H,7-8H2,1-2H3,(H3,25,29,30)(H,26,27,28). The number of fused-ring (bicyclic) bond motifs is 1. The van der Waals surface area contributed by atoms with Crippen LogP contribution >= 0.6 is 11.6 Å². The predicted molar refractivity (Wildman–Crippen MR) is 127 cm³/mol. The Balaban J connectivity index is 1.78. The number of nitrogens with zero attached hydrogens (tertiary/aromatic N) is 3. The van der Waals surface area contributed by atoms with Crippen LogP contribution in [0.25, 0.3) is 22.0 Å². The monoisotopic (exact) mass is 434 g/mol. The minimum atomic E-state index is 0.0167. The van der Waals surface area contributed by atoms with Crippen LogP contribution in [0, 0.1) is 13.8 Å². The molecule has 0 atom stereocenters. The lowest BCUT2D eigenvalue weighted by Crippen LogP contribution is -2.08. The molecule has 0 amide bonds. The number of benzene rings is 2. The van der Waals surface area contributed by atoms with Crippen molar-refractivity contribution in [2.24, 2.45) is 0 Å². The lowest BCUT2D eigenvalue weighted by atomic mass is 10.0. The Morgan fingerprint density at radius 2 is 1.81 bits per heavy atom. The number of hydrogen-bond donors (Lipinski definition) is 4. The van der Waals surface area contributed by atoms with Gasteiger partial charge in [0.15, 0.2) is 0 Å². The number of aryl methyl sites for hydroxylation is 2. The van der Waals surface area contributed by atoms with Crippen LogP contribution in [0.5, 0.6) is 0 Å². The molecule has 0 saturated heterocycles. The summed E-state index contributed by atoms with van der Waals surface area (Å²) >= 11 is 6.58. The summed E-state index contributed by atoms with van der Waals surface area (Å²) in [6.45, 7) is 4.50. The molecule has 2 aromatic heterocycles. The maximum Gasteiger partial charge on any atom is 0.222 e. The Kier molecular flexibility index (Phi) is 5.88. The summed E-state index contributed by atoms with van der Waals surface area (Å²) in [6, 6.07) is 12.1. The molecule has 0 fully saturated rings. The van der Waals surface area contributed by atoms with Gasteiger partial charge in [-0.15, -0.1) is 0 Å². The highest BCUT2D eigenvalue weighted by molar-refractivity contribution is 6.37. The first-order valence-corrected chi connectivity index (χ1v) is 10.2. The molecule has 0 saturated carbocycles. The molecule has 4 rings (SSSR count). The van der Waals surface area contributed by atoms with E-state index in [0.717, 1.165) is 38.8 Å². The highest BCUT2D eigenvalue weighted by Crippen LogP contribution is 2.38. The molecule has 0 radical (unpaired) electrons. The van der Waals surface area contributed by atoms with Crippen molar-refractivity contribution < 1.29 is 5.11 Å². The molecule has 2 heterocycles. The van der Waals surface area contributed by atoms with Gasteiger partial charge in [-0.2, -0.15) is 0 Å². The summed E-state index contributed by atoms with van der Waals surface area (Å²) in [7, 11) is 0. The topological polar surface area (TPSA) is 109 Å². The van der Waals surface area contributed by atoms with Crippen molar-refractivity contribution in [1.82, 2.24) is 15.0 Å². The molecule has 158 valence electrons. The summed E-state index contributed by atoms with van der Waals surface area (Å²) < 4.78 is 0. The fourth-order valence-electron chi connectivity index (χ4n) is 3.30. The summed E-state index contributed by atoms with van der Waals surface area (Å²) in [5.74, 6) is 0.741. The molecule has 2 aromatic carbocycles. The largest absolute Gasteiger partial charge is 0.395 e. The zero-order valence-electron chi connectivity index (χ0n) is 17.3. The highest BCUT2D eigenvalue weighted by Gasteiger charge is 2.14. The van der Waals surface area contributed by atoms with Crippen LogP contribution in [0.2, 0.25) is 5.02 Å². The first-order chi connectivity index (χ1) is 15.0. The van der Waals surface area contributed by atoms with Crippen LogP contribution in [-0.4, -0.2) is 33.2 Å². The van der Waals surface area contributed by atoms with E-state index in [9.17, 15) is 0 Å². The summed E-state index contributed by atoms with van der Waals surface area (Å²) in [4.78, 5) is 13.1. The quantitative estimate of drug-likeness (QED) is 0.348. The number of nitrogens with two attached hydrogens (primary N) is 1. The van der Waals surface area contributed by atoms with Crippen LogP contribution in [0.4, 0.5) is 23.1 Å². The summed E-state index contributed by atoms with van der Waals surface area (Å²) in [5, 5.41) is 16.5. The average molecular weight is 435 g/mol. The van der Waals surface area contributed by atoms with Gasteiger partial charge in [0, 0.05) is 35.6 Å². The molecule has 4 aromatic rings. The number of pyridine rings is 1. The van der Waals surface area contributed by atoms with E-state index in [0.29, 0.717) is 23.2 Å². The number of aliphatic hydroxyl groups is 1. The van der Waals surface area contributed by atoms with E-state index in [1.807, 2.05) is 32.0 Å². The molecule has 0 bridgehead atoms. The number of rotatable bonds is 6. The zero-order valence-corrected chi connectivity index (χ0v) is 18.0. The van der Waals surface area contributed by atoms with Crippen molar-refractivity contribution >= 4 is 45.6 Å². The maximum absolute atomic E-state index is 8.92. The molecule has 31 heavy (non-hydrogen) atoms. The van der Waals surface area contributed by atoms with Crippen LogP contribution in [-0.2, 0) is 0 Å². The van der Waals surface area contributed by atoms with Crippen molar-refractivity contribution in [3.05, 3.63) is 64.9 Å². The number of aliphatic hydroxyl groups excluding tert-OH is 1. The van der Waals surface area contributed by atoms with Gasteiger partial charge in [0.25, 0.3) is 0 Å². The summed E-state index contributed by atoms with van der Waals surface area (Å²) in [5.41, 5.74) is 12.5. The number of hydrogen-bond acceptors (Lipinski definition) is 7. The minimum Gasteiger partial charge on any atom is -0.395 e. The third-order valence-corrected chi connectivity index (χ3v) is 5.37. The van der Waals surface area contributed by atoms with Gasteiger partial charge in [0.2, 0.25) is 5.95 Å². The lowest BCUT2D eigenvalue weighted by Gasteiger charge is -2.16. The van der Waals surface area contributed by atoms with Crippen molar-refractivity contribution in [2.45, 2.75) is 13.8 Å². The van der Waals surface area contributed by atoms with Gasteiger partial charge in [0.1, 0.15) is 10.8 Å². The van der Waals surface area contributed by atoms with Gasteiger partial charge < -0.3 is 21.5 Å². The Morgan fingerprint density at radius 1 is 1.03 bits per heavy atom. The second kappa shape index (κ2) is 8.75. The molecule has 5 N–H and O–H groups in total. The number of nitrogen functional groups attached to an aromatic ring is 1. The fraction of sp³-hybridized carbons (Fsp3) is 0.174. The molecule has 0 aliphatic rings. The Hall–Kier alpha value is -3.42. The van der Waals surface area contributed by atoms with E-state index < -0.39 is 0 Å². The van der Waals surface area contributed by atoms with Crippen molar-refractivity contribution in [2.75, 3.05) is 29.5 Å². The third kappa shape index (κ3) is 4.38. The van der Waals surface area contributed by atoms with Crippen LogP contribution in [0.3, 0.4) is 0 Å². The van der Waals surface area contributed by atoms with Crippen LogP contribution in [0.15, 0.2) is 48.8 Å². The van der Waals surface area contributed by atoms with Crippen molar-refractivity contribution in [3.8, 4) is 11.1 Å². The molecule has 0 aliphatic heterocycles. The van der Waals surface area contributed by atoms with E-state index in [-0.39, 0.29) is 12.4 Å². The molecule has 8 heteroatoms. The third-order valence-electron chi connectivity index (χ3n) is 4.98. The number of anilines is 4. The maximum atomic E-state index is 8.92. The normalized spacial score (nSPS) is 11.0. The molecular weight excluding hydrogens is 412 g/mol. The van der Waals surface area contributed by atoms with Crippen LogP contribution in [0.1, 0.15) is 11.1 Å². The van der Waals surface area contributed by atoms with Gasteiger partial charge in [-0.25, -0.2) is 15.0 Å². The molecule has 0 aliphatic carbocycles. The Labute approximate surface area is 185 Å². The van der Waals surface area contributed by atoms with E-state index in [1.165, 1.54) is 0 Å². The molecular formula is C23H23ClN6O. The average Bonchev–Trinajstić information content (AvgIpc) is 2.78. The highest BCUT2D eigenvalue weighted by atomic mass is 35.5. The SMILES string of the molecule is Cc1ccc(C)c(Nc2c(Cl)c(N)nc3ccc(-c4cnc(NCCO)nc4)cc23)c1. The predicted octanol–water partition coefficient (Wildman–Crippen LogP) is 4.69. The molecule has 7 nitrogen and oxygen atoms in total. The number of nitrogens with one attached hydrogen (secondary N) is 2. The first kappa shape index (κ1) is 20.8. The second-order valence-electron chi connectivity index (χ2n) is 7.31. The van der Waals surface area contributed by atoms with E-state index in [1.54, 1.807) is 12.4 Å². The van der Waals surface area contributed by atoms with Gasteiger partial charge in [-0.1, -0.05) is 29.8 Å². The Bertz CT molecular complexity index is 1240. The Morgan fingerprint density at radius 3 is 2.55 bits per heavy atom. The lowest BCUT2D eigenvalue weighted by molar-refractivity contribution is 0.311. The number of halogens is 1. The smallest absolute Gasteiger partial charge is 0.222 e. The molecule has 0 spiro atoms. The van der Waals surface area contributed by atoms with Crippen molar-refractivity contribution in [1.29, 1.82) is 0 Å². The van der Waals surface area contributed by atoms with Gasteiger partial charge in [-0.05, 0) is 48.7 Å². The van der Waals surface area contributed by atoms with Crippen molar-refractivity contribution in [3.63, 3.8) is 0 Å². The fourth-order valence-corrected chi connectivity index (χ4v) is 3.49. The van der Waals surface area contributed by atoms with Gasteiger partial charge in [-0.3, -0.25) is 0 Å². The van der Waals surface area contributed by atoms with E-state index in [2.05, 4.69) is 43.8 Å². The van der Waals surface area contributed by atoms with Gasteiger partial charge >= 0.3 is 0 Å². The zero-order chi connectivity index (χ0) is 22.0. The minimum absolute atomic E-state index is 0.0167. The first-order valence-electron chi connectivity index (χ1n) is 9.86. The van der Waals surface area contributed by atoms with Crippen LogP contribution < -0.4 is 16.4 Å².